The zero-order valence-electron chi connectivity index (χ0n) is 31.2. The Morgan fingerprint density at radius 1 is 0.692 bits per heavy atom. The molecule has 2 saturated carbocycles. The fourth-order valence-corrected chi connectivity index (χ4v) is 9.50. The van der Waals surface area contributed by atoms with Gasteiger partial charge in [-0.15, -0.1) is 0 Å². The minimum Gasteiger partial charge on any atom is -0.444 e. The molecule has 0 spiro atoms. The summed E-state index contributed by atoms with van der Waals surface area (Å²) >= 11 is 0. The largest absolute Gasteiger partial charge is 0.444 e. The van der Waals surface area contributed by atoms with Gasteiger partial charge in [-0.2, -0.15) is 0 Å². The lowest BCUT2D eigenvalue weighted by molar-refractivity contribution is 0.0172. The number of carbonyl (C=O) groups is 2. The molecule has 10 nitrogen and oxygen atoms in total. The van der Waals surface area contributed by atoms with E-state index in [1.165, 1.54) is 47.1 Å². The standard InChI is InChI=1S/C42H50N6O4/c1-41(2,3)51-39(49)47-17-7-8-32(47)37-44-22-31(46-37)29-16-15-28(35-25-13-14-26(18-25)36(29)35)23-9-11-24(12-10-23)30-21-43-38(45-30)34-20-27-19-33(27)48(34)40(50)52-42(4,5)6/h9-12,15-16,21-22,25-27,32-34H,7-8,13-14,17-20H2,1-6H3,(H,43,45)(H,44,46). The molecule has 4 aromatic rings. The lowest BCUT2D eigenvalue weighted by Gasteiger charge is -2.29. The van der Waals surface area contributed by atoms with Crippen LogP contribution in [0, 0.1) is 5.92 Å². The molecule has 2 N–H and O–H groups in total. The second-order valence-corrected chi connectivity index (χ2v) is 17.7. The van der Waals surface area contributed by atoms with Crippen LogP contribution < -0.4 is 0 Å². The Labute approximate surface area is 305 Å². The Morgan fingerprint density at radius 2 is 1.29 bits per heavy atom. The predicted octanol–water partition coefficient (Wildman–Crippen LogP) is 9.64. The minimum atomic E-state index is -0.536. The average Bonchev–Trinajstić information content (AvgIpc) is 3.82. The second-order valence-electron chi connectivity index (χ2n) is 17.7. The zero-order chi connectivity index (χ0) is 36.1. The maximum atomic E-state index is 13.1. The van der Waals surface area contributed by atoms with Gasteiger partial charge in [-0.05, 0) is 132 Å². The Bertz CT molecular complexity index is 2030. The fourth-order valence-electron chi connectivity index (χ4n) is 9.50. The van der Waals surface area contributed by atoms with Crippen LogP contribution in [-0.2, 0) is 9.47 Å². The molecule has 4 heterocycles. The summed E-state index contributed by atoms with van der Waals surface area (Å²) in [4.78, 5) is 46.7. The van der Waals surface area contributed by atoms with Gasteiger partial charge in [0.2, 0.25) is 0 Å². The molecule has 2 aromatic carbocycles. The van der Waals surface area contributed by atoms with E-state index in [0.717, 1.165) is 54.3 Å². The molecular weight excluding hydrogens is 652 g/mol. The van der Waals surface area contributed by atoms with E-state index in [2.05, 4.69) is 46.4 Å². The number of ether oxygens (including phenoxy) is 2. The molecule has 52 heavy (non-hydrogen) atoms. The van der Waals surface area contributed by atoms with Gasteiger partial charge in [0.1, 0.15) is 22.9 Å². The average molecular weight is 703 g/mol. The van der Waals surface area contributed by atoms with E-state index in [4.69, 9.17) is 19.4 Å². The van der Waals surface area contributed by atoms with Crippen LogP contribution in [0.3, 0.4) is 0 Å². The number of fused-ring (bicyclic) bond motifs is 6. The summed E-state index contributed by atoms with van der Waals surface area (Å²) in [6, 6.07) is 13.4. The number of nitrogens with one attached hydrogen (secondary N) is 2. The van der Waals surface area contributed by atoms with E-state index >= 15 is 0 Å². The van der Waals surface area contributed by atoms with Gasteiger partial charge in [-0.25, -0.2) is 19.6 Å². The van der Waals surface area contributed by atoms with Crippen LogP contribution in [-0.4, -0.2) is 65.7 Å². The molecule has 2 bridgehead atoms. The van der Waals surface area contributed by atoms with Crippen molar-refractivity contribution >= 4 is 12.2 Å². The highest BCUT2D eigenvalue weighted by Crippen LogP contribution is 2.58. The molecular formula is C42H50N6O4. The van der Waals surface area contributed by atoms with Crippen LogP contribution in [0.5, 0.6) is 0 Å². The van der Waals surface area contributed by atoms with Gasteiger partial charge in [-0.3, -0.25) is 9.80 Å². The van der Waals surface area contributed by atoms with Gasteiger partial charge < -0.3 is 19.4 Å². The van der Waals surface area contributed by atoms with Crippen LogP contribution in [0.15, 0.2) is 48.8 Å². The van der Waals surface area contributed by atoms with Crippen LogP contribution in [0.2, 0.25) is 0 Å². The molecule has 10 heteroatoms. The molecule has 9 rings (SSSR count). The maximum absolute atomic E-state index is 13.1. The monoisotopic (exact) mass is 702 g/mol. The van der Waals surface area contributed by atoms with Gasteiger partial charge in [-0.1, -0.05) is 36.4 Å². The molecule has 2 aromatic heterocycles. The number of amides is 2. The minimum absolute atomic E-state index is 0.0869. The Balaban J connectivity index is 0.961. The van der Waals surface area contributed by atoms with Gasteiger partial charge in [0.05, 0.1) is 35.9 Å². The third-order valence-corrected chi connectivity index (χ3v) is 11.7. The third kappa shape index (κ3) is 5.88. The number of nitrogens with zero attached hydrogens (tertiary/aromatic N) is 4. The first-order chi connectivity index (χ1) is 24.8. The number of hydrogen-bond acceptors (Lipinski definition) is 6. The van der Waals surface area contributed by atoms with E-state index in [1.807, 2.05) is 63.7 Å². The van der Waals surface area contributed by atoms with Gasteiger partial charge in [0.15, 0.2) is 0 Å². The molecule has 272 valence electrons. The first kappa shape index (κ1) is 33.3. The van der Waals surface area contributed by atoms with Crippen molar-refractivity contribution in [2.24, 2.45) is 5.92 Å². The molecule has 2 aliphatic heterocycles. The number of rotatable bonds is 5. The summed E-state index contributed by atoms with van der Waals surface area (Å²) in [6.45, 7) is 12.1. The number of imidazole rings is 2. The lowest BCUT2D eigenvalue weighted by atomic mass is 9.82. The normalized spacial score (nSPS) is 26.1. The van der Waals surface area contributed by atoms with E-state index in [9.17, 15) is 9.59 Å². The number of H-pyrrole nitrogens is 2. The molecule has 2 saturated heterocycles. The highest BCUT2D eigenvalue weighted by atomic mass is 16.6. The van der Waals surface area contributed by atoms with Crippen molar-refractivity contribution in [1.82, 2.24) is 29.7 Å². The summed E-state index contributed by atoms with van der Waals surface area (Å²) in [6.07, 6.45) is 10.8. The quantitative estimate of drug-likeness (QED) is 0.214. The SMILES string of the molecule is CC(C)(C)OC(=O)N1CCCC1c1ncc(-c2ccc(-c3ccc(-c4cnc(C5CC6CC6N5C(=O)OC(C)(C)C)[nH]4)cc3)c3c2C2CCC3C2)[nH]1. The van der Waals surface area contributed by atoms with Crippen LogP contribution in [0.1, 0.15) is 133 Å². The smallest absolute Gasteiger partial charge is 0.411 e. The summed E-state index contributed by atoms with van der Waals surface area (Å²) in [5.74, 6) is 3.31. The third-order valence-electron chi connectivity index (χ3n) is 11.7. The van der Waals surface area contributed by atoms with Crippen molar-refractivity contribution in [3.63, 3.8) is 0 Å². The lowest BCUT2D eigenvalue weighted by Crippen LogP contribution is -2.38. The van der Waals surface area contributed by atoms with Crippen molar-refractivity contribution in [1.29, 1.82) is 0 Å². The number of aromatic amines is 2. The van der Waals surface area contributed by atoms with E-state index in [0.29, 0.717) is 24.3 Å². The van der Waals surface area contributed by atoms with Crippen molar-refractivity contribution in [3.8, 4) is 33.6 Å². The topological polar surface area (TPSA) is 116 Å². The second kappa shape index (κ2) is 12.0. The number of likely N-dealkylation sites (tertiary alicyclic amines) is 2. The van der Waals surface area contributed by atoms with Crippen molar-refractivity contribution in [3.05, 3.63) is 71.6 Å². The number of hydrogen-bond donors (Lipinski definition) is 2. The molecule has 6 unspecified atom stereocenters. The number of carbonyl (C=O) groups excluding carboxylic acids is 2. The predicted molar refractivity (Wildman–Crippen MR) is 199 cm³/mol. The highest BCUT2D eigenvalue weighted by Gasteiger charge is 2.56. The summed E-state index contributed by atoms with van der Waals surface area (Å²) < 4.78 is 11.5. The Kier molecular flexibility index (Phi) is 7.65. The number of benzene rings is 2. The maximum Gasteiger partial charge on any atom is 0.411 e. The highest BCUT2D eigenvalue weighted by molar-refractivity contribution is 5.80. The van der Waals surface area contributed by atoms with Crippen LogP contribution in [0.25, 0.3) is 33.6 Å². The number of piperidine rings is 1. The molecule has 3 aliphatic carbocycles. The van der Waals surface area contributed by atoms with E-state index in [-0.39, 0.29) is 30.3 Å². The zero-order valence-corrected chi connectivity index (χ0v) is 31.2. The first-order valence-electron chi connectivity index (χ1n) is 19.2. The summed E-state index contributed by atoms with van der Waals surface area (Å²) in [7, 11) is 0. The molecule has 2 amide bonds. The molecule has 4 fully saturated rings. The van der Waals surface area contributed by atoms with Crippen LogP contribution in [0.4, 0.5) is 9.59 Å². The van der Waals surface area contributed by atoms with Gasteiger partial charge >= 0.3 is 12.2 Å². The van der Waals surface area contributed by atoms with Crippen LogP contribution >= 0.6 is 0 Å². The van der Waals surface area contributed by atoms with E-state index in [1.54, 1.807) is 0 Å². The van der Waals surface area contributed by atoms with Crippen molar-refractivity contribution < 1.29 is 19.1 Å². The van der Waals surface area contributed by atoms with Gasteiger partial charge in [0, 0.05) is 18.2 Å². The first-order valence-corrected chi connectivity index (χ1v) is 19.2. The number of aromatic nitrogens is 4. The Hall–Kier alpha value is -4.60. The van der Waals surface area contributed by atoms with Crippen molar-refractivity contribution in [2.45, 2.75) is 128 Å². The van der Waals surface area contributed by atoms with Crippen molar-refractivity contribution in [2.75, 3.05) is 6.54 Å². The Morgan fingerprint density at radius 3 is 2.00 bits per heavy atom. The summed E-state index contributed by atoms with van der Waals surface area (Å²) in [5.41, 5.74) is 8.69. The van der Waals surface area contributed by atoms with E-state index < -0.39 is 11.2 Å². The fraction of sp³-hybridized carbons (Fsp3) is 0.524. The molecule has 6 atom stereocenters. The summed E-state index contributed by atoms with van der Waals surface area (Å²) in [5, 5.41) is 0. The molecule has 5 aliphatic rings. The molecule has 0 radical (unpaired) electrons. The van der Waals surface area contributed by atoms with Gasteiger partial charge in [0.25, 0.3) is 0 Å².